The number of carbonyl (C=O) groups is 1. The van der Waals surface area contributed by atoms with Gasteiger partial charge in [0.25, 0.3) is 5.91 Å². The normalized spacial score (nSPS) is 17.9. The van der Waals surface area contributed by atoms with Crippen LogP contribution in [0.3, 0.4) is 0 Å². The number of amides is 1. The second-order valence-corrected chi connectivity index (χ2v) is 5.00. The minimum absolute atomic E-state index is 0.00398. The Morgan fingerprint density at radius 3 is 2.56 bits per heavy atom. The minimum Gasteiger partial charge on any atom is -0.481 e. The highest BCUT2D eigenvalue weighted by molar-refractivity contribution is 5.81. The molecule has 98 valence electrons. The van der Waals surface area contributed by atoms with Gasteiger partial charge in [-0.25, -0.2) is 0 Å². The molecule has 2 rings (SSSR count). The van der Waals surface area contributed by atoms with E-state index in [1.807, 2.05) is 31.2 Å². The van der Waals surface area contributed by atoms with Crippen molar-refractivity contribution in [3.05, 3.63) is 29.8 Å². The second-order valence-electron chi connectivity index (χ2n) is 5.00. The van der Waals surface area contributed by atoms with Crippen molar-refractivity contribution in [1.82, 2.24) is 5.32 Å². The van der Waals surface area contributed by atoms with Gasteiger partial charge in [-0.15, -0.1) is 0 Å². The lowest BCUT2D eigenvalue weighted by Crippen LogP contribution is -2.45. The Labute approximate surface area is 107 Å². The molecule has 0 saturated heterocycles. The fourth-order valence-corrected chi connectivity index (χ4v) is 1.71. The van der Waals surface area contributed by atoms with Crippen molar-refractivity contribution in [2.75, 3.05) is 6.61 Å². The van der Waals surface area contributed by atoms with Crippen molar-refractivity contribution in [2.45, 2.75) is 38.3 Å². The predicted octanol–water partition coefficient (Wildman–Crippen LogP) is 1.40. The van der Waals surface area contributed by atoms with Gasteiger partial charge in [0, 0.05) is 0 Å². The maximum absolute atomic E-state index is 11.9. The third kappa shape index (κ3) is 3.01. The highest BCUT2D eigenvalue weighted by Crippen LogP contribution is 2.34. The lowest BCUT2D eigenvalue weighted by atomic mass is 10.2. The first-order valence-electron chi connectivity index (χ1n) is 6.21. The molecule has 1 unspecified atom stereocenters. The number of hydrogen-bond donors (Lipinski definition) is 2. The number of aliphatic hydroxyl groups is 1. The number of ether oxygens (including phenoxy) is 1. The van der Waals surface area contributed by atoms with Crippen LogP contribution in [0.5, 0.6) is 5.75 Å². The highest BCUT2D eigenvalue weighted by Gasteiger charge is 2.44. The van der Waals surface area contributed by atoms with Crippen LogP contribution in [0.4, 0.5) is 0 Å². The van der Waals surface area contributed by atoms with Crippen LogP contribution < -0.4 is 10.1 Å². The molecule has 4 heteroatoms. The summed E-state index contributed by atoms with van der Waals surface area (Å²) in [6.07, 6.45) is 1.12. The SMILES string of the molecule is Cc1ccc(OC(C)C(=O)NC2(CO)CC2)cc1. The Bertz CT molecular complexity index is 423. The van der Waals surface area contributed by atoms with Crippen LogP contribution >= 0.6 is 0 Å². The average Bonchev–Trinajstić information content (AvgIpc) is 3.12. The summed E-state index contributed by atoms with van der Waals surface area (Å²) >= 11 is 0. The molecule has 1 amide bonds. The van der Waals surface area contributed by atoms with Crippen molar-refractivity contribution in [1.29, 1.82) is 0 Å². The fraction of sp³-hybridized carbons (Fsp3) is 0.500. The zero-order chi connectivity index (χ0) is 13.2. The fourth-order valence-electron chi connectivity index (χ4n) is 1.71. The van der Waals surface area contributed by atoms with E-state index in [0.29, 0.717) is 5.75 Å². The monoisotopic (exact) mass is 249 g/mol. The van der Waals surface area contributed by atoms with Crippen LogP contribution in [0.15, 0.2) is 24.3 Å². The first kappa shape index (κ1) is 12.9. The Balaban J connectivity index is 1.89. The van der Waals surface area contributed by atoms with Gasteiger partial charge in [0.2, 0.25) is 0 Å². The number of hydrogen-bond acceptors (Lipinski definition) is 3. The van der Waals surface area contributed by atoms with Gasteiger partial charge >= 0.3 is 0 Å². The summed E-state index contributed by atoms with van der Waals surface area (Å²) in [6.45, 7) is 3.71. The summed E-state index contributed by atoms with van der Waals surface area (Å²) in [5.41, 5.74) is 0.763. The van der Waals surface area contributed by atoms with Gasteiger partial charge in [-0.3, -0.25) is 4.79 Å². The molecule has 1 aliphatic rings. The highest BCUT2D eigenvalue weighted by atomic mass is 16.5. The summed E-state index contributed by atoms with van der Waals surface area (Å²) in [5.74, 6) is 0.499. The number of rotatable bonds is 5. The van der Waals surface area contributed by atoms with Crippen LogP contribution in [-0.2, 0) is 4.79 Å². The second kappa shape index (κ2) is 4.98. The van der Waals surface area contributed by atoms with Gasteiger partial charge in [-0.05, 0) is 38.8 Å². The quantitative estimate of drug-likeness (QED) is 0.829. The number of aliphatic hydroxyl groups excluding tert-OH is 1. The molecule has 0 bridgehead atoms. The third-order valence-corrected chi connectivity index (χ3v) is 3.25. The number of benzene rings is 1. The molecule has 1 saturated carbocycles. The molecule has 1 aromatic rings. The molecule has 1 fully saturated rings. The third-order valence-electron chi connectivity index (χ3n) is 3.25. The molecular weight excluding hydrogens is 230 g/mol. The summed E-state index contributed by atoms with van der Waals surface area (Å²) in [6, 6.07) is 7.57. The van der Waals surface area contributed by atoms with Crippen molar-refractivity contribution in [3.63, 3.8) is 0 Å². The van der Waals surface area contributed by atoms with Crippen molar-refractivity contribution in [2.24, 2.45) is 0 Å². The first-order chi connectivity index (χ1) is 8.54. The molecule has 18 heavy (non-hydrogen) atoms. The lowest BCUT2D eigenvalue weighted by Gasteiger charge is -2.19. The maximum Gasteiger partial charge on any atom is 0.261 e. The number of carbonyl (C=O) groups excluding carboxylic acids is 1. The summed E-state index contributed by atoms with van der Waals surface area (Å²) in [5, 5.41) is 12.0. The molecule has 0 heterocycles. The zero-order valence-electron chi connectivity index (χ0n) is 10.8. The summed E-state index contributed by atoms with van der Waals surface area (Å²) < 4.78 is 5.56. The maximum atomic E-state index is 11.9. The van der Waals surface area contributed by atoms with Gasteiger partial charge in [0.05, 0.1) is 12.1 Å². The molecule has 4 nitrogen and oxygen atoms in total. The van der Waals surface area contributed by atoms with Crippen LogP contribution in [0.1, 0.15) is 25.3 Å². The smallest absolute Gasteiger partial charge is 0.261 e. The molecule has 1 atom stereocenters. The zero-order valence-corrected chi connectivity index (χ0v) is 10.8. The van der Waals surface area contributed by atoms with E-state index in [4.69, 9.17) is 9.84 Å². The van der Waals surface area contributed by atoms with Gasteiger partial charge in [-0.1, -0.05) is 17.7 Å². The average molecular weight is 249 g/mol. The topological polar surface area (TPSA) is 58.6 Å². The molecule has 0 radical (unpaired) electrons. The van der Waals surface area contributed by atoms with Crippen LogP contribution in [-0.4, -0.2) is 29.3 Å². The van der Waals surface area contributed by atoms with E-state index in [1.54, 1.807) is 6.92 Å². The van der Waals surface area contributed by atoms with Crippen molar-refractivity contribution < 1.29 is 14.6 Å². The van der Waals surface area contributed by atoms with Crippen molar-refractivity contribution >= 4 is 5.91 Å². The van der Waals surface area contributed by atoms with E-state index < -0.39 is 6.10 Å². The summed E-state index contributed by atoms with van der Waals surface area (Å²) in [7, 11) is 0. The molecule has 2 N–H and O–H groups in total. The van der Waals surface area contributed by atoms with Gasteiger partial charge < -0.3 is 15.2 Å². The van der Waals surface area contributed by atoms with Crippen LogP contribution in [0, 0.1) is 6.92 Å². The predicted molar refractivity (Wildman–Crippen MR) is 68.5 cm³/mol. The Morgan fingerprint density at radius 2 is 2.06 bits per heavy atom. The van der Waals surface area contributed by atoms with E-state index in [-0.39, 0.29) is 18.1 Å². The minimum atomic E-state index is -0.559. The number of nitrogens with one attached hydrogen (secondary N) is 1. The lowest BCUT2D eigenvalue weighted by molar-refractivity contribution is -0.128. The Hall–Kier alpha value is -1.55. The largest absolute Gasteiger partial charge is 0.481 e. The van der Waals surface area contributed by atoms with Crippen molar-refractivity contribution in [3.8, 4) is 5.75 Å². The first-order valence-corrected chi connectivity index (χ1v) is 6.21. The Kier molecular flexibility index (Phi) is 3.57. The van der Waals surface area contributed by atoms with E-state index in [2.05, 4.69) is 5.32 Å². The number of aryl methyl sites for hydroxylation is 1. The van der Waals surface area contributed by atoms with Crippen LogP contribution in [0.25, 0.3) is 0 Å². The Morgan fingerprint density at radius 1 is 1.44 bits per heavy atom. The van der Waals surface area contributed by atoms with Crippen LogP contribution in [0.2, 0.25) is 0 Å². The molecule has 1 aliphatic carbocycles. The van der Waals surface area contributed by atoms with Gasteiger partial charge in [0.15, 0.2) is 6.10 Å². The molecule has 1 aromatic carbocycles. The molecule has 0 spiro atoms. The van der Waals surface area contributed by atoms with E-state index >= 15 is 0 Å². The molecule has 0 aliphatic heterocycles. The van der Waals surface area contributed by atoms with Gasteiger partial charge in [0.1, 0.15) is 5.75 Å². The van der Waals surface area contributed by atoms with Gasteiger partial charge in [-0.2, -0.15) is 0 Å². The van der Waals surface area contributed by atoms with E-state index in [0.717, 1.165) is 18.4 Å². The summed E-state index contributed by atoms with van der Waals surface area (Å²) in [4.78, 5) is 11.9. The molecular formula is C14H19NO3. The molecule has 0 aromatic heterocycles. The standard InChI is InChI=1S/C14H19NO3/c1-10-3-5-12(6-4-10)18-11(2)13(17)15-14(9-16)7-8-14/h3-6,11,16H,7-9H2,1-2H3,(H,15,17). The van der Waals surface area contributed by atoms with E-state index in [9.17, 15) is 4.79 Å². The van der Waals surface area contributed by atoms with E-state index in [1.165, 1.54) is 0 Å².